The summed E-state index contributed by atoms with van der Waals surface area (Å²) in [6, 6.07) is 3.56. The van der Waals surface area contributed by atoms with Crippen LogP contribution in [0.1, 0.15) is 21.9 Å². The minimum absolute atomic E-state index is 0.258. The molecule has 3 heterocycles. The molecule has 0 aromatic carbocycles. The Kier molecular flexibility index (Phi) is 3.74. The van der Waals surface area contributed by atoms with Crippen LogP contribution in [-0.2, 0) is 6.54 Å². The molecule has 0 spiro atoms. The molecule has 6 nitrogen and oxygen atoms in total. The average molecular weight is 300 g/mol. The van der Waals surface area contributed by atoms with Gasteiger partial charge in [0.15, 0.2) is 5.69 Å². The summed E-state index contributed by atoms with van der Waals surface area (Å²) in [6.07, 6.45) is 3.25. The summed E-state index contributed by atoms with van der Waals surface area (Å²) in [5, 5.41) is 10.4. The van der Waals surface area contributed by atoms with Crippen LogP contribution in [0.3, 0.4) is 0 Å². The van der Waals surface area contributed by atoms with Crippen molar-refractivity contribution in [3.8, 4) is 11.3 Å². The number of nitrogens with zero attached hydrogens (tertiary/aromatic N) is 3. The van der Waals surface area contributed by atoms with Crippen molar-refractivity contribution in [3.05, 3.63) is 52.4 Å². The Labute approximate surface area is 124 Å². The van der Waals surface area contributed by atoms with Crippen molar-refractivity contribution in [1.82, 2.24) is 20.4 Å². The summed E-state index contributed by atoms with van der Waals surface area (Å²) < 4.78 is 4.88. The van der Waals surface area contributed by atoms with Gasteiger partial charge in [-0.05, 0) is 18.4 Å². The van der Waals surface area contributed by atoms with Gasteiger partial charge in [0.05, 0.1) is 17.9 Å². The Bertz CT molecular complexity index is 752. The van der Waals surface area contributed by atoms with Gasteiger partial charge >= 0.3 is 0 Å². The molecule has 3 aromatic rings. The number of thiophene rings is 1. The third kappa shape index (κ3) is 2.97. The molecular formula is C14H12N4O2S. The quantitative estimate of drug-likeness (QED) is 0.800. The van der Waals surface area contributed by atoms with E-state index in [0.717, 1.165) is 11.3 Å². The van der Waals surface area contributed by atoms with Gasteiger partial charge in [-0.2, -0.15) is 11.3 Å². The topological polar surface area (TPSA) is 80.9 Å². The van der Waals surface area contributed by atoms with E-state index in [-0.39, 0.29) is 18.1 Å². The minimum atomic E-state index is -0.297. The SMILES string of the molecule is Cc1cc(C(=O)NCc2nccnc2-c2ccsc2)no1. The van der Waals surface area contributed by atoms with E-state index in [1.54, 1.807) is 36.7 Å². The number of carbonyl (C=O) groups is 1. The van der Waals surface area contributed by atoms with Crippen LogP contribution in [0.25, 0.3) is 11.3 Å². The van der Waals surface area contributed by atoms with Gasteiger partial charge in [-0.1, -0.05) is 5.16 Å². The van der Waals surface area contributed by atoms with Crippen LogP contribution in [0.4, 0.5) is 0 Å². The first-order valence-electron chi connectivity index (χ1n) is 6.28. The molecule has 1 N–H and O–H groups in total. The normalized spacial score (nSPS) is 10.5. The molecule has 0 atom stereocenters. The number of hydrogen-bond donors (Lipinski definition) is 1. The lowest BCUT2D eigenvalue weighted by atomic mass is 10.2. The summed E-state index contributed by atoms with van der Waals surface area (Å²) in [5.74, 6) is 0.299. The first-order chi connectivity index (χ1) is 10.2. The van der Waals surface area contributed by atoms with Crippen LogP contribution in [0.15, 0.2) is 39.8 Å². The fraction of sp³-hybridized carbons (Fsp3) is 0.143. The van der Waals surface area contributed by atoms with E-state index in [1.165, 1.54) is 0 Å². The molecule has 0 aliphatic carbocycles. The van der Waals surface area contributed by atoms with Gasteiger partial charge in [0, 0.05) is 29.4 Å². The standard InChI is InChI=1S/C14H12N4O2S/c1-9-6-11(18-20-9)14(19)17-7-12-13(16-4-3-15-12)10-2-5-21-8-10/h2-6,8H,7H2,1H3,(H,17,19). The van der Waals surface area contributed by atoms with Crippen LogP contribution in [0.2, 0.25) is 0 Å². The molecule has 0 saturated heterocycles. The molecule has 0 saturated carbocycles. The van der Waals surface area contributed by atoms with E-state index in [4.69, 9.17) is 4.52 Å². The molecule has 0 aliphatic rings. The van der Waals surface area contributed by atoms with Crippen LogP contribution in [-0.4, -0.2) is 21.0 Å². The summed E-state index contributed by atoms with van der Waals surface area (Å²) in [7, 11) is 0. The van der Waals surface area contributed by atoms with Crippen molar-refractivity contribution in [2.24, 2.45) is 0 Å². The molecular weight excluding hydrogens is 288 g/mol. The van der Waals surface area contributed by atoms with E-state index >= 15 is 0 Å². The molecule has 106 valence electrons. The monoisotopic (exact) mass is 300 g/mol. The molecule has 3 aromatic heterocycles. The second-order valence-corrected chi connectivity index (χ2v) is 5.15. The van der Waals surface area contributed by atoms with Gasteiger partial charge in [-0.15, -0.1) is 0 Å². The molecule has 0 radical (unpaired) electrons. The van der Waals surface area contributed by atoms with Crippen LogP contribution < -0.4 is 5.32 Å². The number of aryl methyl sites for hydroxylation is 1. The summed E-state index contributed by atoms with van der Waals surface area (Å²) >= 11 is 1.59. The van der Waals surface area contributed by atoms with Gasteiger partial charge in [0.2, 0.25) is 0 Å². The zero-order chi connectivity index (χ0) is 14.7. The van der Waals surface area contributed by atoms with Crippen molar-refractivity contribution in [1.29, 1.82) is 0 Å². The molecule has 0 aliphatic heterocycles. The third-order valence-electron chi connectivity index (χ3n) is 2.85. The second-order valence-electron chi connectivity index (χ2n) is 4.37. The predicted octanol–water partition coefficient (Wildman–Crippen LogP) is 2.43. The van der Waals surface area contributed by atoms with Gasteiger partial charge in [-0.3, -0.25) is 14.8 Å². The Morgan fingerprint density at radius 3 is 2.95 bits per heavy atom. The maximum absolute atomic E-state index is 11.9. The van der Waals surface area contributed by atoms with Gasteiger partial charge < -0.3 is 9.84 Å². The van der Waals surface area contributed by atoms with Gasteiger partial charge in [-0.25, -0.2) is 0 Å². The highest BCUT2D eigenvalue weighted by Crippen LogP contribution is 2.22. The zero-order valence-corrected chi connectivity index (χ0v) is 12.1. The van der Waals surface area contributed by atoms with Crippen molar-refractivity contribution in [3.63, 3.8) is 0 Å². The Balaban J connectivity index is 1.75. The Morgan fingerprint density at radius 1 is 1.38 bits per heavy atom. The zero-order valence-electron chi connectivity index (χ0n) is 11.2. The highest BCUT2D eigenvalue weighted by molar-refractivity contribution is 7.08. The van der Waals surface area contributed by atoms with E-state index < -0.39 is 0 Å². The summed E-state index contributed by atoms with van der Waals surface area (Å²) in [5.41, 5.74) is 2.74. The predicted molar refractivity (Wildman–Crippen MR) is 77.8 cm³/mol. The lowest BCUT2D eigenvalue weighted by Crippen LogP contribution is -2.24. The highest BCUT2D eigenvalue weighted by atomic mass is 32.1. The molecule has 0 bridgehead atoms. The van der Waals surface area contributed by atoms with Crippen molar-refractivity contribution in [2.75, 3.05) is 0 Å². The first-order valence-corrected chi connectivity index (χ1v) is 7.22. The van der Waals surface area contributed by atoms with Gasteiger partial charge in [0.1, 0.15) is 5.76 Å². The van der Waals surface area contributed by atoms with Crippen LogP contribution in [0, 0.1) is 6.92 Å². The second kappa shape index (κ2) is 5.84. The van der Waals surface area contributed by atoms with Crippen LogP contribution in [0.5, 0.6) is 0 Å². The van der Waals surface area contributed by atoms with E-state index in [2.05, 4.69) is 20.4 Å². The Morgan fingerprint density at radius 2 is 2.24 bits per heavy atom. The number of amides is 1. The molecule has 7 heteroatoms. The van der Waals surface area contributed by atoms with Crippen molar-refractivity contribution >= 4 is 17.2 Å². The fourth-order valence-electron chi connectivity index (χ4n) is 1.86. The maximum atomic E-state index is 11.9. The molecule has 3 rings (SSSR count). The molecule has 1 amide bonds. The average Bonchev–Trinajstić information content (AvgIpc) is 3.16. The fourth-order valence-corrected chi connectivity index (χ4v) is 2.51. The molecule has 21 heavy (non-hydrogen) atoms. The van der Waals surface area contributed by atoms with Crippen LogP contribution >= 0.6 is 11.3 Å². The lowest BCUT2D eigenvalue weighted by Gasteiger charge is -2.06. The smallest absolute Gasteiger partial charge is 0.273 e. The van der Waals surface area contributed by atoms with E-state index in [0.29, 0.717) is 11.5 Å². The lowest BCUT2D eigenvalue weighted by molar-refractivity contribution is 0.0941. The maximum Gasteiger partial charge on any atom is 0.273 e. The van der Waals surface area contributed by atoms with Gasteiger partial charge in [0.25, 0.3) is 5.91 Å². The number of rotatable bonds is 4. The van der Waals surface area contributed by atoms with Crippen molar-refractivity contribution < 1.29 is 9.32 Å². The first kappa shape index (κ1) is 13.4. The minimum Gasteiger partial charge on any atom is -0.361 e. The third-order valence-corrected chi connectivity index (χ3v) is 3.53. The summed E-state index contributed by atoms with van der Waals surface area (Å²) in [4.78, 5) is 20.6. The largest absolute Gasteiger partial charge is 0.361 e. The number of hydrogen-bond acceptors (Lipinski definition) is 6. The number of carbonyl (C=O) groups excluding carboxylic acids is 1. The summed E-state index contributed by atoms with van der Waals surface area (Å²) in [6.45, 7) is 2.02. The van der Waals surface area contributed by atoms with E-state index in [1.807, 2.05) is 16.8 Å². The number of aromatic nitrogens is 3. The molecule has 0 unspecified atom stereocenters. The Hall–Kier alpha value is -2.54. The molecule has 0 fully saturated rings. The highest BCUT2D eigenvalue weighted by Gasteiger charge is 2.13. The van der Waals surface area contributed by atoms with E-state index in [9.17, 15) is 4.79 Å². The number of nitrogens with one attached hydrogen (secondary N) is 1. The van der Waals surface area contributed by atoms with Crippen molar-refractivity contribution in [2.45, 2.75) is 13.5 Å².